The van der Waals surface area contributed by atoms with Gasteiger partial charge in [-0.25, -0.2) is 0 Å². The van der Waals surface area contributed by atoms with E-state index in [9.17, 15) is 4.79 Å². The third-order valence-electron chi connectivity index (χ3n) is 2.44. The molecule has 0 amide bonds. The zero-order chi connectivity index (χ0) is 8.10. The van der Waals surface area contributed by atoms with E-state index in [1.807, 2.05) is 0 Å². The highest BCUT2D eigenvalue weighted by molar-refractivity contribution is 5.49. The highest BCUT2D eigenvalue weighted by Gasteiger charge is 2.14. The van der Waals surface area contributed by atoms with E-state index >= 15 is 0 Å². The molecule has 0 radical (unpaired) electrons. The van der Waals surface area contributed by atoms with E-state index in [0.29, 0.717) is 6.42 Å². The van der Waals surface area contributed by atoms with Crippen molar-refractivity contribution in [2.45, 2.75) is 26.2 Å². The summed E-state index contributed by atoms with van der Waals surface area (Å²) in [5.74, 6) is 0.891. The summed E-state index contributed by atoms with van der Waals surface area (Å²) in [6, 6.07) is 0. The lowest BCUT2D eigenvalue weighted by Crippen LogP contribution is -2.33. The Morgan fingerprint density at radius 1 is 1.45 bits per heavy atom. The SMILES string of the molecule is CC1CCN(CCC=O)CC1. The van der Waals surface area contributed by atoms with Crippen molar-refractivity contribution in [3.63, 3.8) is 0 Å². The molecular weight excluding hydrogens is 138 g/mol. The maximum Gasteiger partial charge on any atom is 0.121 e. The number of hydrogen-bond donors (Lipinski definition) is 0. The van der Waals surface area contributed by atoms with E-state index < -0.39 is 0 Å². The minimum Gasteiger partial charge on any atom is -0.303 e. The second-order valence-corrected chi connectivity index (χ2v) is 3.48. The van der Waals surface area contributed by atoms with E-state index in [2.05, 4.69) is 11.8 Å². The summed E-state index contributed by atoms with van der Waals surface area (Å²) in [6.45, 7) is 5.65. The fraction of sp³-hybridized carbons (Fsp3) is 0.889. The molecule has 64 valence electrons. The van der Waals surface area contributed by atoms with Crippen molar-refractivity contribution in [2.24, 2.45) is 5.92 Å². The van der Waals surface area contributed by atoms with Crippen LogP contribution in [-0.2, 0) is 4.79 Å². The van der Waals surface area contributed by atoms with Gasteiger partial charge < -0.3 is 9.69 Å². The Balaban J connectivity index is 2.12. The van der Waals surface area contributed by atoms with Crippen LogP contribution >= 0.6 is 0 Å². The van der Waals surface area contributed by atoms with E-state index in [0.717, 1.165) is 18.7 Å². The molecule has 0 aromatic heterocycles. The summed E-state index contributed by atoms with van der Waals surface area (Å²) < 4.78 is 0. The van der Waals surface area contributed by atoms with Gasteiger partial charge in [0.2, 0.25) is 0 Å². The molecule has 1 saturated heterocycles. The predicted octanol–water partition coefficient (Wildman–Crippen LogP) is 1.31. The molecule has 0 aromatic carbocycles. The highest BCUT2D eigenvalue weighted by atomic mass is 16.1. The molecule has 1 rings (SSSR count). The lowest BCUT2D eigenvalue weighted by Gasteiger charge is -2.29. The standard InChI is InChI=1S/C9H17NO/c1-9-3-6-10(7-4-9)5-2-8-11/h8-9H,2-7H2,1H3. The summed E-state index contributed by atoms with van der Waals surface area (Å²) in [5.41, 5.74) is 0. The molecule has 0 unspecified atom stereocenters. The van der Waals surface area contributed by atoms with Crippen LogP contribution in [0.4, 0.5) is 0 Å². The number of rotatable bonds is 3. The molecule has 1 aliphatic rings. The molecule has 2 nitrogen and oxygen atoms in total. The van der Waals surface area contributed by atoms with Crippen LogP contribution in [0.5, 0.6) is 0 Å². The molecule has 1 aliphatic heterocycles. The summed E-state index contributed by atoms with van der Waals surface area (Å²) in [6.07, 6.45) is 4.32. The van der Waals surface area contributed by atoms with Gasteiger partial charge in [0.15, 0.2) is 0 Å². The minimum atomic E-state index is 0.703. The Kier molecular flexibility index (Phi) is 3.57. The topological polar surface area (TPSA) is 20.3 Å². The molecule has 0 bridgehead atoms. The number of piperidine rings is 1. The Morgan fingerprint density at radius 2 is 2.09 bits per heavy atom. The first-order chi connectivity index (χ1) is 5.33. The first kappa shape index (κ1) is 8.72. The van der Waals surface area contributed by atoms with Gasteiger partial charge in [-0.2, -0.15) is 0 Å². The van der Waals surface area contributed by atoms with Gasteiger partial charge in [0.05, 0.1) is 0 Å². The van der Waals surface area contributed by atoms with Crippen molar-refractivity contribution in [3.05, 3.63) is 0 Å². The zero-order valence-electron chi connectivity index (χ0n) is 7.25. The van der Waals surface area contributed by atoms with Gasteiger partial charge in [-0.1, -0.05) is 6.92 Å². The van der Waals surface area contributed by atoms with Gasteiger partial charge in [0.25, 0.3) is 0 Å². The predicted molar refractivity (Wildman–Crippen MR) is 45.5 cm³/mol. The largest absolute Gasteiger partial charge is 0.303 e. The molecule has 0 aromatic rings. The van der Waals surface area contributed by atoms with Gasteiger partial charge in [-0.3, -0.25) is 0 Å². The Morgan fingerprint density at radius 3 is 2.64 bits per heavy atom. The zero-order valence-corrected chi connectivity index (χ0v) is 7.25. The maximum atomic E-state index is 10.1. The third-order valence-corrected chi connectivity index (χ3v) is 2.44. The number of hydrogen-bond acceptors (Lipinski definition) is 2. The van der Waals surface area contributed by atoms with E-state index in [1.54, 1.807) is 0 Å². The third kappa shape index (κ3) is 3.02. The van der Waals surface area contributed by atoms with E-state index in [-0.39, 0.29) is 0 Å². The van der Waals surface area contributed by atoms with Crippen LogP contribution in [0, 0.1) is 5.92 Å². The van der Waals surface area contributed by atoms with Gasteiger partial charge in [0.1, 0.15) is 6.29 Å². The van der Waals surface area contributed by atoms with E-state index in [4.69, 9.17) is 0 Å². The normalized spacial score (nSPS) is 21.9. The number of likely N-dealkylation sites (tertiary alicyclic amines) is 1. The second kappa shape index (κ2) is 4.50. The summed E-state index contributed by atoms with van der Waals surface area (Å²) in [5, 5.41) is 0. The number of carbonyl (C=O) groups excluding carboxylic acids is 1. The molecule has 0 aliphatic carbocycles. The van der Waals surface area contributed by atoms with Crippen molar-refractivity contribution in [3.8, 4) is 0 Å². The first-order valence-corrected chi connectivity index (χ1v) is 4.49. The summed E-state index contributed by atoms with van der Waals surface area (Å²) in [7, 11) is 0. The minimum absolute atomic E-state index is 0.703. The number of nitrogens with zero attached hydrogens (tertiary/aromatic N) is 1. The highest BCUT2D eigenvalue weighted by Crippen LogP contribution is 2.15. The van der Waals surface area contributed by atoms with Crippen molar-refractivity contribution < 1.29 is 4.79 Å². The van der Waals surface area contributed by atoms with Gasteiger partial charge in [-0.15, -0.1) is 0 Å². The van der Waals surface area contributed by atoms with Crippen LogP contribution < -0.4 is 0 Å². The smallest absolute Gasteiger partial charge is 0.121 e. The Hall–Kier alpha value is -0.370. The first-order valence-electron chi connectivity index (χ1n) is 4.49. The molecule has 0 spiro atoms. The average Bonchev–Trinajstić information content (AvgIpc) is 2.04. The van der Waals surface area contributed by atoms with Gasteiger partial charge in [0, 0.05) is 13.0 Å². The lowest BCUT2D eigenvalue weighted by atomic mass is 9.99. The van der Waals surface area contributed by atoms with Crippen molar-refractivity contribution in [1.29, 1.82) is 0 Å². The fourth-order valence-electron chi connectivity index (χ4n) is 1.52. The molecule has 0 saturated carbocycles. The number of carbonyl (C=O) groups is 1. The number of aldehydes is 1. The van der Waals surface area contributed by atoms with Crippen molar-refractivity contribution in [1.82, 2.24) is 4.90 Å². The van der Waals surface area contributed by atoms with Gasteiger partial charge in [-0.05, 0) is 31.8 Å². The van der Waals surface area contributed by atoms with Crippen LogP contribution in [-0.4, -0.2) is 30.8 Å². The van der Waals surface area contributed by atoms with Crippen LogP contribution in [0.15, 0.2) is 0 Å². The fourth-order valence-corrected chi connectivity index (χ4v) is 1.52. The Labute approximate surface area is 68.6 Å². The molecule has 2 heteroatoms. The van der Waals surface area contributed by atoms with E-state index in [1.165, 1.54) is 25.9 Å². The van der Waals surface area contributed by atoms with Crippen LogP contribution in [0.2, 0.25) is 0 Å². The van der Waals surface area contributed by atoms with Gasteiger partial charge >= 0.3 is 0 Å². The quantitative estimate of drug-likeness (QED) is 0.573. The maximum absolute atomic E-state index is 10.1. The monoisotopic (exact) mass is 155 g/mol. The lowest BCUT2D eigenvalue weighted by molar-refractivity contribution is -0.108. The molecule has 0 atom stereocenters. The second-order valence-electron chi connectivity index (χ2n) is 3.48. The summed E-state index contributed by atoms with van der Waals surface area (Å²) >= 11 is 0. The molecule has 1 heterocycles. The molecular formula is C9H17NO. The van der Waals surface area contributed by atoms with Crippen LogP contribution in [0.1, 0.15) is 26.2 Å². The molecule has 0 N–H and O–H groups in total. The van der Waals surface area contributed by atoms with Crippen molar-refractivity contribution >= 4 is 6.29 Å². The van der Waals surface area contributed by atoms with Crippen LogP contribution in [0.25, 0.3) is 0 Å². The molecule has 11 heavy (non-hydrogen) atoms. The Bertz CT molecular complexity index is 117. The average molecular weight is 155 g/mol. The van der Waals surface area contributed by atoms with Crippen LogP contribution in [0.3, 0.4) is 0 Å². The summed E-state index contributed by atoms with van der Waals surface area (Å²) in [4.78, 5) is 12.5. The van der Waals surface area contributed by atoms with Crippen molar-refractivity contribution in [2.75, 3.05) is 19.6 Å². The molecule has 1 fully saturated rings.